The number of benzene rings is 1. The third-order valence-electron chi connectivity index (χ3n) is 3.46. The van der Waals surface area contributed by atoms with E-state index in [-0.39, 0.29) is 0 Å². The number of halogens is 1. The van der Waals surface area contributed by atoms with Crippen LogP contribution in [0.4, 0.5) is 5.69 Å². The minimum absolute atomic E-state index is 0.545. The molecule has 0 bridgehead atoms. The molecule has 0 radical (unpaired) electrons. The second-order valence-corrected chi connectivity index (χ2v) is 5.28. The number of anilines is 1. The Bertz CT molecular complexity index is 858. The lowest BCUT2D eigenvalue weighted by atomic mass is 10.1. The van der Waals surface area contributed by atoms with Gasteiger partial charge in [0.05, 0.1) is 17.8 Å². The highest BCUT2D eigenvalue weighted by Crippen LogP contribution is 2.33. The fraction of sp³-hybridized carbons (Fsp3) is 0.125. The molecule has 6 heteroatoms. The van der Waals surface area contributed by atoms with Crippen LogP contribution in [0.2, 0.25) is 5.02 Å². The van der Waals surface area contributed by atoms with E-state index in [0.29, 0.717) is 22.9 Å². The van der Waals surface area contributed by atoms with Crippen molar-refractivity contribution in [3.05, 3.63) is 47.2 Å². The Morgan fingerprint density at radius 1 is 1.36 bits per heavy atom. The summed E-state index contributed by atoms with van der Waals surface area (Å²) in [5, 5.41) is 3.16. The number of fused-ring (bicyclic) bond motifs is 1. The second-order valence-electron chi connectivity index (χ2n) is 4.87. The smallest absolute Gasteiger partial charge is 0.211 e. The van der Waals surface area contributed by atoms with Gasteiger partial charge in [0.1, 0.15) is 11.4 Å². The third-order valence-corrected chi connectivity index (χ3v) is 3.76. The highest BCUT2D eigenvalue weighted by molar-refractivity contribution is 6.32. The molecular formula is C16H14ClN3O2. The Kier molecular flexibility index (Phi) is 3.73. The minimum Gasteiger partial charge on any atom is -0.495 e. The predicted molar refractivity (Wildman–Crippen MR) is 86.6 cm³/mol. The fourth-order valence-electron chi connectivity index (χ4n) is 2.36. The summed E-state index contributed by atoms with van der Waals surface area (Å²) in [5.74, 6) is 0.643. The Morgan fingerprint density at radius 3 is 2.91 bits per heavy atom. The molecule has 3 rings (SSSR count). The summed E-state index contributed by atoms with van der Waals surface area (Å²) in [7, 11) is 1.59. The number of hydrogen-bond acceptors (Lipinski definition) is 3. The van der Waals surface area contributed by atoms with Gasteiger partial charge in [-0.1, -0.05) is 11.6 Å². The quantitative estimate of drug-likeness (QED) is 0.749. The number of pyridine rings is 1. The van der Waals surface area contributed by atoms with Gasteiger partial charge >= 0.3 is 0 Å². The van der Waals surface area contributed by atoms with Crippen LogP contribution in [0.3, 0.4) is 0 Å². The van der Waals surface area contributed by atoms with Crippen molar-refractivity contribution in [1.82, 2.24) is 9.38 Å². The van der Waals surface area contributed by atoms with Crippen molar-refractivity contribution < 1.29 is 9.53 Å². The van der Waals surface area contributed by atoms with E-state index in [4.69, 9.17) is 16.3 Å². The molecule has 0 atom stereocenters. The molecule has 0 saturated carbocycles. The lowest BCUT2D eigenvalue weighted by Crippen LogP contribution is -1.94. The number of aromatic nitrogens is 2. The number of imidazole rings is 1. The maximum Gasteiger partial charge on any atom is 0.211 e. The van der Waals surface area contributed by atoms with Gasteiger partial charge in [-0.15, -0.1) is 0 Å². The fourth-order valence-corrected chi connectivity index (χ4v) is 2.60. The first-order valence-electron chi connectivity index (χ1n) is 6.66. The van der Waals surface area contributed by atoms with Crippen molar-refractivity contribution in [2.75, 3.05) is 12.4 Å². The number of nitrogens with one attached hydrogen (secondary N) is 1. The van der Waals surface area contributed by atoms with Crippen LogP contribution in [0.25, 0.3) is 16.9 Å². The van der Waals surface area contributed by atoms with E-state index in [1.807, 2.05) is 35.9 Å². The molecule has 0 aliphatic carbocycles. The van der Waals surface area contributed by atoms with Crippen molar-refractivity contribution in [3.63, 3.8) is 0 Å². The summed E-state index contributed by atoms with van der Waals surface area (Å²) in [5.41, 5.74) is 4.22. The Labute approximate surface area is 132 Å². The number of aryl methyl sites for hydroxylation is 1. The number of carbonyl (C=O) groups excluding carboxylic acids is 1. The summed E-state index contributed by atoms with van der Waals surface area (Å²) < 4.78 is 7.11. The van der Waals surface area contributed by atoms with Gasteiger partial charge in [0.25, 0.3) is 0 Å². The average Bonchev–Trinajstić information content (AvgIpc) is 2.92. The van der Waals surface area contributed by atoms with Crippen LogP contribution in [-0.2, 0) is 4.79 Å². The first-order chi connectivity index (χ1) is 10.6. The van der Waals surface area contributed by atoms with Crippen molar-refractivity contribution in [1.29, 1.82) is 0 Å². The number of hydrogen-bond donors (Lipinski definition) is 1. The molecule has 1 aromatic carbocycles. The maximum absolute atomic E-state index is 10.5. The van der Waals surface area contributed by atoms with Crippen molar-refractivity contribution in [2.24, 2.45) is 0 Å². The van der Waals surface area contributed by atoms with Gasteiger partial charge in [-0.25, -0.2) is 4.98 Å². The molecule has 0 saturated heterocycles. The van der Waals surface area contributed by atoms with Gasteiger partial charge in [0.2, 0.25) is 6.41 Å². The summed E-state index contributed by atoms with van der Waals surface area (Å²) in [6.45, 7) is 1.98. The highest BCUT2D eigenvalue weighted by atomic mass is 35.5. The Balaban J connectivity index is 2.10. The summed E-state index contributed by atoms with van der Waals surface area (Å²) in [4.78, 5) is 15.1. The van der Waals surface area contributed by atoms with Crippen molar-refractivity contribution in [2.45, 2.75) is 6.92 Å². The van der Waals surface area contributed by atoms with Gasteiger partial charge in [0, 0.05) is 29.7 Å². The standard InChI is InChI=1S/C16H14ClN3O2/c1-10-5-15(22-2)13(17)7-12(10)14-8-20-4-3-11(18-9-21)6-16(20)19-14/h3-9H,1-2H3,(H,18,21). The molecular weight excluding hydrogens is 302 g/mol. The zero-order chi connectivity index (χ0) is 15.7. The third kappa shape index (κ3) is 2.51. The number of rotatable bonds is 4. The topological polar surface area (TPSA) is 55.6 Å². The molecule has 0 spiro atoms. The molecule has 0 fully saturated rings. The largest absolute Gasteiger partial charge is 0.495 e. The number of carbonyl (C=O) groups is 1. The van der Waals surface area contributed by atoms with Gasteiger partial charge in [-0.05, 0) is 30.7 Å². The Morgan fingerprint density at radius 2 is 2.18 bits per heavy atom. The average molecular weight is 316 g/mol. The van der Waals surface area contributed by atoms with Crippen LogP contribution >= 0.6 is 11.6 Å². The van der Waals surface area contributed by atoms with E-state index in [2.05, 4.69) is 10.3 Å². The molecule has 0 aliphatic heterocycles. The first kappa shape index (κ1) is 14.4. The molecule has 3 aromatic rings. The number of ether oxygens (including phenoxy) is 1. The van der Waals surface area contributed by atoms with Crippen LogP contribution < -0.4 is 10.1 Å². The van der Waals surface area contributed by atoms with E-state index in [1.54, 1.807) is 19.2 Å². The van der Waals surface area contributed by atoms with E-state index >= 15 is 0 Å². The summed E-state index contributed by atoms with van der Waals surface area (Å²) in [6.07, 6.45) is 4.41. The van der Waals surface area contributed by atoms with Crippen LogP contribution in [0.15, 0.2) is 36.7 Å². The summed E-state index contributed by atoms with van der Waals surface area (Å²) in [6, 6.07) is 7.35. The van der Waals surface area contributed by atoms with Gasteiger partial charge in [-0.2, -0.15) is 0 Å². The predicted octanol–water partition coefficient (Wildman–Crippen LogP) is 3.54. The molecule has 0 aliphatic rings. The zero-order valence-corrected chi connectivity index (χ0v) is 12.9. The number of nitrogens with zero attached hydrogens (tertiary/aromatic N) is 2. The minimum atomic E-state index is 0.545. The molecule has 112 valence electrons. The van der Waals surface area contributed by atoms with E-state index in [0.717, 1.165) is 22.5 Å². The SMILES string of the molecule is COc1cc(C)c(-c2cn3ccc(NC=O)cc3n2)cc1Cl. The van der Waals surface area contributed by atoms with E-state index in [9.17, 15) is 4.79 Å². The van der Waals surface area contributed by atoms with Crippen molar-refractivity contribution >= 4 is 29.3 Å². The first-order valence-corrected chi connectivity index (χ1v) is 7.03. The second kappa shape index (κ2) is 5.69. The molecule has 1 N–H and O–H groups in total. The molecule has 5 nitrogen and oxygen atoms in total. The normalized spacial score (nSPS) is 10.7. The van der Waals surface area contributed by atoms with Crippen molar-refractivity contribution in [3.8, 4) is 17.0 Å². The number of methoxy groups -OCH3 is 1. The number of amides is 1. The lowest BCUT2D eigenvalue weighted by Gasteiger charge is -2.08. The highest BCUT2D eigenvalue weighted by Gasteiger charge is 2.11. The van der Waals surface area contributed by atoms with Crippen LogP contribution in [0.1, 0.15) is 5.56 Å². The van der Waals surface area contributed by atoms with E-state index in [1.165, 1.54) is 0 Å². The molecule has 1 amide bonds. The van der Waals surface area contributed by atoms with Gasteiger partial charge in [0.15, 0.2) is 0 Å². The summed E-state index contributed by atoms with van der Waals surface area (Å²) >= 11 is 6.21. The zero-order valence-electron chi connectivity index (χ0n) is 12.1. The van der Waals surface area contributed by atoms with Gasteiger partial charge < -0.3 is 14.5 Å². The Hall–Kier alpha value is -2.53. The van der Waals surface area contributed by atoms with Crippen LogP contribution in [0, 0.1) is 6.92 Å². The lowest BCUT2D eigenvalue weighted by molar-refractivity contribution is -0.105. The molecule has 22 heavy (non-hydrogen) atoms. The maximum atomic E-state index is 10.5. The molecule has 0 unspecified atom stereocenters. The van der Waals surface area contributed by atoms with Crippen LogP contribution in [0.5, 0.6) is 5.75 Å². The van der Waals surface area contributed by atoms with Gasteiger partial charge in [-0.3, -0.25) is 4.79 Å². The van der Waals surface area contributed by atoms with E-state index < -0.39 is 0 Å². The molecule has 2 aromatic heterocycles. The molecule has 2 heterocycles. The van der Waals surface area contributed by atoms with Crippen LogP contribution in [-0.4, -0.2) is 22.9 Å². The monoisotopic (exact) mass is 315 g/mol.